The van der Waals surface area contributed by atoms with Gasteiger partial charge in [0, 0.05) is 17.6 Å². The summed E-state index contributed by atoms with van der Waals surface area (Å²) in [7, 11) is 0. The van der Waals surface area contributed by atoms with E-state index in [1.54, 1.807) is 18.3 Å². The summed E-state index contributed by atoms with van der Waals surface area (Å²) < 4.78 is 0. The fraction of sp³-hybridized carbons (Fsp3) is 0.143. The predicted octanol–water partition coefficient (Wildman–Crippen LogP) is 0.881. The minimum absolute atomic E-state index is 0.560. The monoisotopic (exact) mass is 151 g/mol. The normalized spacial score (nSPS) is 9.18. The Morgan fingerprint density at radius 3 is 3.00 bits per heavy atom. The second-order valence-corrected chi connectivity index (χ2v) is 2.18. The maximum absolute atomic E-state index is 10.4. The third-order valence-corrected chi connectivity index (χ3v) is 1.16. The lowest BCUT2D eigenvalue weighted by molar-refractivity contribution is 0.259. The Labute approximate surface area is 64.4 Å². The highest BCUT2D eigenvalue weighted by atomic mass is 16.2. The van der Waals surface area contributed by atoms with E-state index >= 15 is 0 Å². The van der Waals surface area contributed by atoms with Crippen molar-refractivity contribution in [2.75, 3.05) is 5.32 Å². The first kappa shape index (κ1) is 7.53. The quantitative estimate of drug-likeness (QED) is 0.625. The number of nitrogens with two attached hydrogens (primary N) is 1. The van der Waals surface area contributed by atoms with Gasteiger partial charge in [0.05, 0.1) is 0 Å². The molecule has 0 fully saturated rings. The number of rotatable bonds is 1. The number of pyridine rings is 1. The van der Waals surface area contributed by atoms with Crippen LogP contribution in [0.1, 0.15) is 5.69 Å². The van der Waals surface area contributed by atoms with Crippen LogP contribution in [0.5, 0.6) is 0 Å². The van der Waals surface area contributed by atoms with Crippen molar-refractivity contribution in [3.8, 4) is 0 Å². The average molecular weight is 151 g/mol. The number of hydrogen-bond acceptors (Lipinski definition) is 2. The van der Waals surface area contributed by atoms with Gasteiger partial charge in [-0.05, 0) is 19.1 Å². The molecular formula is C7H9N3O. The fourth-order valence-corrected chi connectivity index (χ4v) is 0.766. The smallest absolute Gasteiger partial charge is 0.316 e. The Balaban J connectivity index is 2.79. The number of primary amides is 1. The molecule has 4 nitrogen and oxygen atoms in total. The predicted molar refractivity (Wildman–Crippen MR) is 42.2 cm³/mol. The molecule has 0 radical (unpaired) electrons. The molecule has 0 bridgehead atoms. The van der Waals surface area contributed by atoms with Gasteiger partial charge in [-0.1, -0.05) is 0 Å². The highest BCUT2D eigenvalue weighted by Gasteiger charge is 1.94. The van der Waals surface area contributed by atoms with Crippen LogP contribution in [0.15, 0.2) is 18.3 Å². The zero-order chi connectivity index (χ0) is 8.27. The van der Waals surface area contributed by atoms with Crippen molar-refractivity contribution in [1.29, 1.82) is 0 Å². The standard InChI is InChI=1S/C7H9N3O/c1-5-4-6(2-3-9-5)10-7(8)11/h2-4H,1H3,(H3,8,9,10,11). The lowest BCUT2D eigenvalue weighted by Crippen LogP contribution is -2.19. The molecule has 0 saturated carbocycles. The Bertz CT molecular complexity index is 272. The molecule has 1 rings (SSSR count). The highest BCUT2D eigenvalue weighted by molar-refractivity contribution is 5.87. The molecule has 0 aliphatic heterocycles. The third-order valence-electron chi connectivity index (χ3n) is 1.16. The highest BCUT2D eigenvalue weighted by Crippen LogP contribution is 2.05. The number of hydrogen-bond donors (Lipinski definition) is 2. The minimum Gasteiger partial charge on any atom is -0.351 e. The molecule has 1 aromatic heterocycles. The topological polar surface area (TPSA) is 68.0 Å². The number of amides is 2. The van der Waals surface area contributed by atoms with E-state index in [9.17, 15) is 4.79 Å². The van der Waals surface area contributed by atoms with Crippen LogP contribution in [-0.4, -0.2) is 11.0 Å². The van der Waals surface area contributed by atoms with Crippen molar-refractivity contribution in [3.05, 3.63) is 24.0 Å². The van der Waals surface area contributed by atoms with E-state index in [1.165, 1.54) is 0 Å². The van der Waals surface area contributed by atoms with E-state index in [4.69, 9.17) is 5.73 Å². The largest absolute Gasteiger partial charge is 0.351 e. The molecule has 2 amide bonds. The van der Waals surface area contributed by atoms with Crippen LogP contribution in [0.4, 0.5) is 10.5 Å². The number of carbonyl (C=O) groups is 1. The van der Waals surface area contributed by atoms with Crippen molar-refractivity contribution >= 4 is 11.7 Å². The summed E-state index contributed by atoms with van der Waals surface area (Å²) in [5, 5.41) is 2.44. The van der Waals surface area contributed by atoms with E-state index in [0.717, 1.165) is 5.69 Å². The van der Waals surface area contributed by atoms with Crippen LogP contribution in [0.3, 0.4) is 0 Å². The van der Waals surface area contributed by atoms with Gasteiger partial charge in [-0.3, -0.25) is 4.98 Å². The summed E-state index contributed by atoms with van der Waals surface area (Å²) in [4.78, 5) is 14.3. The lowest BCUT2D eigenvalue weighted by Gasteiger charge is -2.00. The summed E-state index contributed by atoms with van der Waals surface area (Å²) in [6.07, 6.45) is 1.61. The molecular weight excluding hydrogens is 142 g/mol. The molecule has 0 aromatic carbocycles. The molecule has 3 N–H and O–H groups in total. The van der Waals surface area contributed by atoms with E-state index < -0.39 is 6.03 Å². The van der Waals surface area contributed by atoms with Gasteiger partial charge in [0.1, 0.15) is 0 Å². The van der Waals surface area contributed by atoms with Crippen LogP contribution in [0, 0.1) is 6.92 Å². The number of nitrogens with zero attached hydrogens (tertiary/aromatic N) is 1. The van der Waals surface area contributed by atoms with Gasteiger partial charge in [-0.25, -0.2) is 4.79 Å². The van der Waals surface area contributed by atoms with Gasteiger partial charge in [0.15, 0.2) is 0 Å². The number of urea groups is 1. The van der Waals surface area contributed by atoms with E-state index in [-0.39, 0.29) is 0 Å². The zero-order valence-corrected chi connectivity index (χ0v) is 6.16. The van der Waals surface area contributed by atoms with Crippen molar-refractivity contribution in [1.82, 2.24) is 4.98 Å². The second kappa shape index (κ2) is 3.01. The van der Waals surface area contributed by atoms with E-state index in [0.29, 0.717) is 5.69 Å². The number of aromatic nitrogens is 1. The second-order valence-electron chi connectivity index (χ2n) is 2.18. The zero-order valence-electron chi connectivity index (χ0n) is 6.16. The van der Waals surface area contributed by atoms with Gasteiger partial charge in [-0.2, -0.15) is 0 Å². The SMILES string of the molecule is Cc1cc(NC(N)=O)ccn1. The van der Waals surface area contributed by atoms with Crippen LogP contribution < -0.4 is 11.1 Å². The maximum Gasteiger partial charge on any atom is 0.316 e. The lowest BCUT2D eigenvalue weighted by atomic mass is 10.3. The third kappa shape index (κ3) is 2.25. The Hall–Kier alpha value is -1.58. The number of anilines is 1. The summed E-state index contributed by atoms with van der Waals surface area (Å²) in [5.41, 5.74) is 6.42. The van der Waals surface area contributed by atoms with Gasteiger partial charge in [0.25, 0.3) is 0 Å². The molecule has 58 valence electrons. The molecule has 0 aliphatic carbocycles. The first-order valence-electron chi connectivity index (χ1n) is 3.17. The van der Waals surface area contributed by atoms with Crippen molar-refractivity contribution in [2.45, 2.75) is 6.92 Å². The first-order valence-corrected chi connectivity index (χ1v) is 3.17. The van der Waals surface area contributed by atoms with Crippen LogP contribution in [-0.2, 0) is 0 Å². The van der Waals surface area contributed by atoms with E-state index in [1.807, 2.05) is 6.92 Å². The van der Waals surface area contributed by atoms with Crippen molar-refractivity contribution in [2.24, 2.45) is 5.73 Å². The molecule has 1 aromatic rings. The van der Waals surface area contributed by atoms with Crippen molar-refractivity contribution in [3.63, 3.8) is 0 Å². The summed E-state index contributed by atoms with van der Waals surface area (Å²) in [6.45, 7) is 1.84. The molecule has 0 atom stereocenters. The Morgan fingerprint density at radius 2 is 2.45 bits per heavy atom. The van der Waals surface area contributed by atoms with Gasteiger partial charge in [-0.15, -0.1) is 0 Å². The molecule has 0 unspecified atom stereocenters. The molecule has 0 aliphatic rings. The first-order chi connectivity index (χ1) is 5.18. The Morgan fingerprint density at radius 1 is 1.73 bits per heavy atom. The van der Waals surface area contributed by atoms with Crippen LogP contribution in [0.25, 0.3) is 0 Å². The van der Waals surface area contributed by atoms with Gasteiger partial charge < -0.3 is 11.1 Å². The summed E-state index contributed by atoms with van der Waals surface area (Å²) in [5.74, 6) is 0. The minimum atomic E-state index is -0.560. The maximum atomic E-state index is 10.4. The Kier molecular flexibility index (Phi) is 2.06. The number of carbonyl (C=O) groups excluding carboxylic acids is 1. The molecule has 1 heterocycles. The molecule has 0 saturated heterocycles. The van der Waals surface area contributed by atoms with E-state index in [2.05, 4.69) is 10.3 Å². The van der Waals surface area contributed by atoms with Gasteiger partial charge >= 0.3 is 6.03 Å². The molecule has 0 spiro atoms. The van der Waals surface area contributed by atoms with Crippen LogP contribution >= 0.6 is 0 Å². The number of aryl methyl sites for hydroxylation is 1. The van der Waals surface area contributed by atoms with Crippen molar-refractivity contribution < 1.29 is 4.79 Å². The van der Waals surface area contributed by atoms with Crippen LogP contribution in [0.2, 0.25) is 0 Å². The summed E-state index contributed by atoms with van der Waals surface area (Å²) in [6, 6.07) is 2.86. The fourth-order valence-electron chi connectivity index (χ4n) is 0.766. The van der Waals surface area contributed by atoms with Gasteiger partial charge in [0.2, 0.25) is 0 Å². The molecule has 4 heteroatoms. The summed E-state index contributed by atoms with van der Waals surface area (Å²) >= 11 is 0. The number of nitrogens with one attached hydrogen (secondary N) is 1. The average Bonchev–Trinajstić information content (AvgIpc) is 1.85. The molecule has 11 heavy (non-hydrogen) atoms.